The number of imidazole rings is 1. The van der Waals surface area contributed by atoms with Gasteiger partial charge in [0.05, 0.1) is 0 Å². The lowest BCUT2D eigenvalue weighted by atomic mass is 10.2. The molecule has 1 aliphatic rings. The molecule has 2 unspecified atom stereocenters. The Labute approximate surface area is 72.6 Å². The van der Waals surface area contributed by atoms with Crippen LogP contribution in [0.1, 0.15) is 19.2 Å². The molecule has 0 bridgehead atoms. The Morgan fingerprint density at radius 1 is 1.83 bits per heavy atom. The van der Waals surface area contributed by atoms with E-state index in [4.69, 9.17) is 5.73 Å². The standard InChI is InChI=1S/C9H15N3/c1-7-5-9(7,10)6-12-4-3-11-8(12)2/h3-4,7H,5-6,10H2,1-2H3. The summed E-state index contributed by atoms with van der Waals surface area (Å²) in [6.45, 7) is 5.13. The first-order valence-corrected chi connectivity index (χ1v) is 4.38. The zero-order valence-corrected chi connectivity index (χ0v) is 7.62. The second-order valence-electron chi connectivity index (χ2n) is 3.94. The third-order valence-corrected chi connectivity index (χ3v) is 2.90. The Balaban J connectivity index is 2.10. The number of rotatable bonds is 2. The number of aromatic nitrogens is 2. The summed E-state index contributed by atoms with van der Waals surface area (Å²) in [5, 5.41) is 0. The highest BCUT2D eigenvalue weighted by molar-refractivity contribution is 5.07. The maximum Gasteiger partial charge on any atom is 0.105 e. The van der Waals surface area contributed by atoms with Gasteiger partial charge in [-0.2, -0.15) is 0 Å². The molecule has 1 aromatic rings. The van der Waals surface area contributed by atoms with Crippen molar-refractivity contribution >= 4 is 0 Å². The minimum absolute atomic E-state index is 0.0471. The summed E-state index contributed by atoms with van der Waals surface area (Å²) in [5.74, 6) is 1.72. The lowest BCUT2D eigenvalue weighted by Crippen LogP contribution is -2.30. The van der Waals surface area contributed by atoms with Crippen molar-refractivity contribution in [2.24, 2.45) is 11.7 Å². The molecule has 0 amide bonds. The molecule has 1 heterocycles. The van der Waals surface area contributed by atoms with Gasteiger partial charge in [0.15, 0.2) is 0 Å². The van der Waals surface area contributed by atoms with Gasteiger partial charge in [-0.25, -0.2) is 4.98 Å². The highest BCUT2D eigenvalue weighted by Crippen LogP contribution is 2.41. The fraction of sp³-hybridized carbons (Fsp3) is 0.667. The molecule has 0 aliphatic heterocycles. The van der Waals surface area contributed by atoms with Crippen LogP contribution >= 0.6 is 0 Å². The van der Waals surface area contributed by atoms with Crippen LogP contribution in [0.5, 0.6) is 0 Å². The minimum atomic E-state index is 0.0471. The van der Waals surface area contributed by atoms with E-state index in [0.717, 1.165) is 18.8 Å². The maximum atomic E-state index is 6.10. The van der Waals surface area contributed by atoms with Crippen LogP contribution in [-0.2, 0) is 6.54 Å². The van der Waals surface area contributed by atoms with Gasteiger partial charge in [-0.1, -0.05) is 6.92 Å². The fourth-order valence-electron chi connectivity index (χ4n) is 1.62. The van der Waals surface area contributed by atoms with Crippen molar-refractivity contribution in [2.75, 3.05) is 0 Å². The van der Waals surface area contributed by atoms with Crippen molar-refractivity contribution in [3.8, 4) is 0 Å². The third kappa shape index (κ3) is 1.14. The zero-order valence-electron chi connectivity index (χ0n) is 7.62. The summed E-state index contributed by atoms with van der Waals surface area (Å²) in [6.07, 6.45) is 4.96. The van der Waals surface area contributed by atoms with Crippen LogP contribution in [0, 0.1) is 12.8 Å². The van der Waals surface area contributed by atoms with Crippen LogP contribution in [-0.4, -0.2) is 15.1 Å². The highest BCUT2D eigenvalue weighted by atomic mass is 15.1. The van der Waals surface area contributed by atoms with Gasteiger partial charge in [-0.15, -0.1) is 0 Å². The summed E-state index contributed by atoms with van der Waals surface area (Å²) >= 11 is 0. The minimum Gasteiger partial charge on any atom is -0.333 e. The second-order valence-corrected chi connectivity index (χ2v) is 3.94. The molecule has 2 rings (SSSR count). The van der Waals surface area contributed by atoms with Gasteiger partial charge in [0.2, 0.25) is 0 Å². The molecule has 2 N–H and O–H groups in total. The van der Waals surface area contributed by atoms with Crippen molar-refractivity contribution < 1.29 is 0 Å². The van der Waals surface area contributed by atoms with E-state index < -0.39 is 0 Å². The predicted octanol–water partition coefficient (Wildman–Crippen LogP) is 0.929. The summed E-state index contributed by atoms with van der Waals surface area (Å²) in [7, 11) is 0. The maximum absolute atomic E-state index is 6.10. The van der Waals surface area contributed by atoms with Gasteiger partial charge >= 0.3 is 0 Å². The summed E-state index contributed by atoms with van der Waals surface area (Å²) < 4.78 is 2.13. The van der Waals surface area contributed by atoms with Crippen LogP contribution < -0.4 is 5.73 Å². The van der Waals surface area contributed by atoms with E-state index in [-0.39, 0.29) is 5.54 Å². The molecule has 1 saturated carbocycles. The topological polar surface area (TPSA) is 43.8 Å². The van der Waals surface area contributed by atoms with Crippen LogP contribution in [0.15, 0.2) is 12.4 Å². The van der Waals surface area contributed by atoms with Crippen LogP contribution in [0.4, 0.5) is 0 Å². The van der Waals surface area contributed by atoms with Crippen molar-refractivity contribution in [1.82, 2.24) is 9.55 Å². The third-order valence-electron chi connectivity index (χ3n) is 2.90. The Morgan fingerprint density at radius 3 is 2.92 bits per heavy atom. The molecule has 0 spiro atoms. The first-order valence-electron chi connectivity index (χ1n) is 4.38. The quantitative estimate of drug-likeness (QED) is 0.708. The van der Waals surface area contributed by atoms with Gasteiger partial charge in [-0.3, -0.25) is 0 Å². The number of nitrogens with zero attached hydrogens (tertiary/aromatic N) is 2. The number of nitrogens with two attached hydrogens (primary N) is 1. The number of hydrogen-bond acceptors (Lipinski definition) is 2. The lowest BCUT2D eigenvalue weighted by molar-refractivity contribution is 0.501. The largest absolute Gasteiger partial charge is 0.333 e. The van der Waals surface area contributed by atoms with Gasteiger partial charge in [-0.05, 0) is 19.3 Å². The average Bonchev–Trinajstić information content (AvgIpc) is 2.40. The first kappa shape index (κ1) is 7.80. The predicted molar refractivity (Wildman–Crippen MR) is 47.7 cm³/mol. The number of hydrogen-bond donors (Lipinski definition) is 1. The van der Waals surface area contributed by atoms with Crippen LogP contribution in [0.3, 0.4) is 0 Å². The first-order chi connectivity index (χ1) is 5.62. The molecular weight excluding hydrogens is 150 g/mol. The molecule has 1 aromatic heterocycles. The Morgan fingerprint density at radius 2 is 2.50 bits per heavy atom. The molecule has 1 aliphatic carbocycles. The van der Waals surface area contributed by atoms with Gasteiger partial charge in [0.1, 0.15) is 5.82 Å². The Hall–Kier alpha value is -0.830. The van der Waals surface area contributed by atoms with Gasteiger partial charge < -0.3 is 10.3 Å². The van der Waals surface area contributed by atoms with Crippen LogP contribution in [0.25, 0.3) is 0 Å². The van der Waals surface area contributed by atoms with E-state index >= 15 is 0 Å². The van der Waals surface area contributed by atoms with Crippen LogP contribution in [0.2, 0.25) is 0 Å². The molecule has 3 heteroatoms. The molecule has 1 fully saturated rings. The van der Waals surface area contributed by atoms with Crippen molar-refractivity contribution in [3.05, 3.63) is 18.2 Å². The molecule has 2 atom stereocenters. The van der Waals surface area contributed by atoms with Crippen molar-refractivity contribution in [2.45, 2.75) is 32.4 Å². The molecule has 0 radical (unpaired) electrons. The van der Waals surface area contributed by atoms with Crippen molar-refractivity contribution in [1.29, 1.82) is 0 Å². The smallest absolute Gasteiger partial charge is 0.105 e. The van der Waals surface area contributed by atoms with Crippen molar-refractivity contribution in [3.63, 3.8) is 0 Å². The van der Waals surface area contributed by atoms with E-state index in [1.165, 1.54) is 0 Å². The lowest BCUT2D eigenvalue weighted by Gasteiger charge is -2.11. The monoisotopic (exact) mass is 165 g/mol. The van der Waals surface area contributed by atoms with E-state index in [1.54, 1.807) is 0 Å². The number of aryl methyl sites for hydroxylation is 1. The van der Waals surface area contributed by atoms with E-state index in [2.05, 4.69) is 16.5 Å². The van der Waals surface area contributed by atoms with E-state index in [9.17, 15) is 0 Å². The molecular formula is C9H15N3. The van der Waals surface area contributed by atoms with E-state index in [1.807, 2.05) is 19.3 Å². The van der Waals surface area contributed by atoms with Gasteiger partial charge in [0, 0.05) is 24.5 Å². The molecule has 12 heavy (non-hydrogen) atoms. The average molecular weight is 165 g/mol. The molecule has 66 valence electrons. The summed E-state index contributed by atoms with van der Waals surface area (Å²) in [6, 6.07) is 0. The molecule has 0 aromatic carbocycles. The summed E-state index contributed by atoms with van der Waals surface area (Å²) in [4.78, 5) is 4.16. The molecule has 0 saturated heterocycles. The Bertz CT molecular complexity index is 292. The normalized spacial score (nSPS) is 33.8. The summed E-state index contributed by atoms with van der Waals surface area (Å²) in [5.41, 5.74) is 6.15. The fourth-order valence-corrected chi connectivity index (χ4v) is 1.62. The SMILES string of the molecule is Cc1nccn1CC1(N)CC1C. The van der Waals surface area contributed by atoms with Gasteiger partial charge in [0.25, 0.3) is 0 Å². The van der Waals surface area contributed by atoms with E-state index in [0.29, 0.717) is 5.92 Å². The second kappa shape index (κ2) is 2.33. The molecule has 3 nitrogen and oxygen atoms in total. The highest BCUT2D eigenvalue weighted by Gasteiger charge is 2.47. The zero-order chi connectivity index (χ0) is 8.77. The Kier molecular flexibility index (Phi) is 1.51.